The van der Waals surface area contributed by atoms with Gasteiger partial charge < -0.3 is 10.6 Å². The van der Waals surface area contributed by atoms with Gasteiger partial charge in [-0.25, -0.2) is 0 Å². The molecular formula is C15H24N2. The molecule has 1 fully saturated rings. The van der Waals surface area contributed by atoms with Crippen molar-refractivity contribution in [2.24, 2.45) is 11.1 Å². The van der Waals surface area contributed by atoms with Crippen molar-refractivity contribution in [2.45, 2.75) is 32.7 Å². The first-order valence-corrected chi connectivity index (χ1v) is 6.44. The van der Waals surface area contributed by atoms with E-state index < -0.39 is 0 Å². The van der Waals surface area contributed by atoms with Crippen molar-refractivity contribution >= 4 is 0 Å². The first kappa shape index (κ1) is 12.6. The maximum Gasteiger partial charge on any atom is 0.0413 e. The molecule has 2 rings (SSSR count). The van der Waals surface area contributed by atoms with Gasteiger partial charge in [-0.3, -0.25) is 0 Å². The van der Waals surface area contributed by atoms with Gasteiger partial charge in [0.2, 0.25) is 0 Å². The third-order valence-corrected chi connectivity index (χ3v) is 4.12. The Bertz CT molecular complexity index is 405. The van der Waals surface area contributed by atoms with Crippen LogP contribution in [-0.4, -0.2) is 25.5 Å². The van der Waals surface area contributed by atoms with E-state index in [9.17, 15) is 0 Å². The van der Waals surface area contributed by atoms with Crippen molar-refractivity contribution in [1.82, 2.24) is 4.90 Å². The lowest BCUT2D eigenvalue weighted by Crippen LogP contribution is -2.34. The zero-order chi connectivity index (χ0) is 12.6. The summed E-state index contributed by atoms with van der Waals surface area (Å²) in [7, 11) is 4.34. The Morgan fingerprint density at radius 3 is 2.41 bits per heavy atom. The van der Waals surface area contributed by atoms with Crippen LogP contribution in [0.1, 0.15) is 35.6 Å². The minimum Gasteiger partial charge on any atom is -0.330 e. The number of rotatable bonds is 4. The highest BCUT2D eigenvalue weighted by atomic mass is 15.1. The second kappa shape index (κ2) is 4.43. The Kier molecular flexibility index (Phi) is 3.28. The normalized spacial score (nSPS) is 19.4. The van der Waals surface area contributed by atoms with Crippen LogP contribution in [-0.2, 0) is 0 Å². The van der Waals surface area contributed by atoms with E-state index >= 15 is 0 Å². The molecule has 94 valence electrons. The average molecular weight is 232 g/mol. The zero-order valence-electron chi connectivity index (χ0n) is 11.5. The molecule has 0 spiro atoms. The molecule has 2 N–H and O–H groups in total. The molecule has 17 heavy (non-hydrogen) atoms. The lowest BCUT2D eigenvalue weighted by Gasteiger charge is -2.33. The monoisotopic (exact) mass is 232 g/mol. The molecule has 0 aromatic heterocycles. The van der Waals surface area contributed by atoms with E-state index in [1.165, 1.54) is 29.5 Å². The third kappa shape index (κ3) is 2.24. The van der Waals surface area contributed by atoms with Crippen molar-refractivity contribution in [1.29, 1.82) is 0 Å². The number of nitrogens with two attached hydrogens (primary N) is 1. The van der Waals surface area contributed by atoms with Crippen molar-refractivity contribution in [3.05, 3.63) is 34.9 Å². The summed E-state index contributed by atoms with van der Waals surface area (Å²) in [6.45, 7) is 5.17. The maximum atomic E-state index is 6.01. The van der Waals surface area contributed by atoms with E-state index in [4.69, 9.17) is 5.73 Å². The van der Waals surface area contributed by atoms with Crippen LogP contribution in [0.5, 0.6) is 0 Å². The SMILES string of the molecule is Cc1ccc(C)c(C(N(C)C)C2(CN)CC2)c1. The van der Waals surface area contributed by atoms with Gasteiger partial charge in [-0.05, 0) is 58.5 Å². The lowest BCUT2D eigenvalue weighted by atomic mass is 9.86. The first-order valence-electron chi connectivity index (χ1n) is 6.44. The smallest absolute Gasteiger partial charge is 0.0413 e. The predicted octanol–water partition coefficient (Wildman–Crippen LogP) is 2.65. The van der Waals surface area contributed by atoms with Crippen LogP contribution in [0.2, 0.25) is 0 Å². The Morgan fingerprint density at radius 2 is 1.94 bits per heavy atom. The summed E-state index contributed by atoms with van der Waals surface area (Å²) in [5.74, 6) is 0. The maximum absolute atomic E-state index is 6.01. The summed E-state index contributed by atoms with van der Waals surface area (Å²) in [5.41, 5.74) is 10.5. The minimum absolute atomic E-state index is 0.321. The molecule has 0 amide bonds. The number of nitrogens with zero attached hydrogens (tertiary/aromatic N) is 1. The fourth-order valence-electron chi connectivity index (χ4n) is 2.96. The summed E-state index contributed by atoms with van der Waals surface area (Å²) < 4.78 is 0. The quantitative estimate of drug-likeness (QED) is 0.864. The Morgan fingerprint density at radius 1 is 1.29 bits per heavy atom. The molecule has 1 aliphatic carbocycles. The molecular weight excluding hydrogens is 208 g/mol. The van der Waals surface area contributed by atoms with E-state index in [-0.39, 0.29) is 0 Å². The van der Waals surface area contributed by atoms with E-state index in [1.807, 2.05) is 0 Å². The van der Waals surface area contributed by atoms with Crippen LogP contribution < -0.4 is 5.73 Å². The Balaban J connectivity index is 2.43. The third-order valence-electron chi connectivity index (χ3n) is 4.12. The van der Waals surface area contributed by atoms with E-state index in [0.29, 0.717) is 11.5 Å². The summed E-state index contributed by atoms with van der Waals surface area (Å²) in [6.07, 6.45) is 2.53. The molecule has 0 heterocycles. The highest BCUT2D eigenvalue weighted by Gasteiger charge is 2.50. The second-order valence-electron chi connectivity index (χ2n) is 5.79. The van der Waals surface area contributed by atoms with Gasteiger partial charge in [0, 0.05) is 11.5 Å². The van der Waals surface area contributed by atoms with Crippen LogP contribution in [0.25, 0.3) is 0 Å². The van der Waals surface area contributed by atoms with Crippen LogP contribution in [0.15, 0.2) is 18.2 Å². The molecule has 1 atom stereocenters. The van der Waals surface area contributed by atoms with Crippen molar-refractivity contribution < 1.29 is 0 Å². The molecule has 0 saturated heterocycles. The Hall–Kier alpha value is -0.860. The fourth-order valence-corrected chi connectivity index (χ4v) is 2.96. The van der Waals surface area contributed by atoms with Gasteiger partial charge in [0.25, 0.3) is 0 Å². The molecule has 0 aliphatic heterocycles. The van der Waals surface area contributed by atoms with Gasteiger partial charge in [-0.2, -0.15) is 0 Å². The van der Waals surface area contributed by atoms with Crippen molar-refractivity contribution in [2.75, 3.05) is 20.6 Å². The van der Waals surface area contributed by atoms with Crippen molar-refractivity contribution in [3.8, 4) is 0 Å². The van der Waals surface area contributed by atoms with Crippen LogP contribution in [0, 0.1) is 19.3 Å². The summed E-state index contributed by atoms with van der Waals surface area (Å²) >= 11 is 0. The number of benzene rings is 1. The average Bonchev–Trinajstić information content (AvgIpc) is 3.04. The highest BCUT2D eigenvalue weighted by molar-refractivity contribution is 5.35. The zero-order valence-corrected chi connectivity index (χ0v) is 11.5. The predicted molar refractivity (Wildman–Crippen MR) is 73.1 cm³/mol. The van der Waals surface area contributed by atoms with Crippen LogP contribution >= 0.6 is 0 Å². The largest absolute Gasteiger partial charge is 0.330 e. The van der Waals surface area contributed by atoms with Gasteiger partial charge in [0.1, 0.15) is 0 Å². The Labute approximate surface area is 105 Å². The summed E-state index contributed by atoms with van der Waals surface area (Å²) in [6, 6.07) is 7.21. The number of aryl methyl sites for hydroxylation is 2. The van der Waals surface area contributed by atoms with E-state index in [1.54, 1.807) is 0 Å². The topological polar surface area (TPSA) is 29.3 Å². The van der Waals surface area contributed by atoms with E-state index in [0.717, 1.165) is 6.54 Å². The van der Waals surface area contributed by atoms with Gasteiger partial charge in [0.05, 0.1) is 0 Å². The second-order valence-corrected chi connectivity index (χ2v) is 5.79. The lowest BCUT2D eigenvalue weighted by molar-refractivity contribution is 0.197. The summed E-state index contributed by atoms with van der Waals surface area (Å²) in [5, 5.41) is 0. The van der Waals surface area contributed by atoms with Crippen molar-refractivity contribution in [3.63, 3.8) is 0 Å². The number of hydrogen-bond donors (Lipinski definition) is 1. The van der Waals surface area contributed by atoms with Gasteiger partial charge in [0.15, 0.2) is 0 Å². The summed E-state index contributed by atoms with van der Waals surface area (Å²) in [4.78, 5) is 2.33. The van der Waals surface area contributed by atoms with Gasteiger partial charge in [-0.1, -0.05) is 23.8 Å². The molecule has 2 heteroatoms. The van der Waals surface area contributed by atoms with Gasteiger partial charge in [-0.15, -0.1) is 0 Å². The number of hydrogen-bond acceptors (Lipinski definition) is 2. The molecule has 0 radical (unpaired) electrons. The fraction of sp³-hybridized carbons (Fsp3) is 0.600. The van der Waals surface area contributed by atoms with Crippen LogP contribution in [0.4, 0.5) is 0 Å². The molecule has 1 unspecified atom stereocenters. The van der Waals surface area contributed by atoms with Crippen LogP contribution in [0.3, 0.4) is 0 Å². The molecule has 1 aromatic rings. The minimum atomic E-state index is 0.321. The van der Waals surface area contributed by atoms with E-state index in [2.05, 4.69) is 51.0 Å². The molecule has 0 bridgehead atoms. The molecule has 1 saturated carbocycles. The molecule has 2 nitrogen and oxygen atoms in total. The van der Waals surface area contributed by atoms with Gasteiger partial charge >= 0.3 is 0 Å². The highest BCUT2D eigenvalue weighted by Crippen LogP contribution is 2.56. The standard InChI is InChI=1S/C15H24N2/c1-11-5-6-12(2)13(9-11)14(17(3)4)15(10-16)7-8-15/h5-6,9,14H,7-8,10,16H2,1-4H3. The molecule has 1 aliphatic rings. The first-order chi connectivity index (χ1) is 8.00. The molecule has 1 aromatic carbocycles.